The van der Waals surface area contributed by atoms with Crippen LogP contribution in [0.15, 0.2) is 48.5 Å². The third-order valence-electron chi connectivity index (χ3n) is 4.46. The Morgan fingerprint density at radius 1 is 1.19 bits per heavy atom. The number of carbonyl (C=O) groups excluding carboxylic acids is 2. The number of hydrogen-bond acceptors (Lipinski definition) is 3. The molecule has 3 rings (SSSR count). The minimum absolute atomic E-state index is 0.0536. The summed E-state index contributed by atoms with van der Waals surface area (Å²) < 4.78 is 5.66. The van der Waals surface area contributed by atoms with Gasteiger partial charge in [-0.15, -0.1) is 0 Å². The second-order valence-corrected chi connectivity index (χ2v) is 6.56. The van der Waals surface area contributed by atoms with Gasteiger partial charge in [0.15, 0.2) is 6.10 Å². The topological polar surface area (TPSA) is 58.6 Å². The lowest BCUT2D eigenvalue weighted by Gasteiger charge is -2.33. The molecular formula is C21H24N2O3. The Morgan fingerprint density at radius 3 is 2.73 bits per heavy atom. The third kappa shape index (κ3) is 4.23. The van der Waals surface area contributed by atoms with E-state index in [-0.39, 0.29) is 18.2 Å². The molecule has 1 aliphatic rings. The van der Waals surface area contributed by atoms with Gasteiger partial charge in [0.1, 0.15) is 5.75 Å². The fraction of sp³-hybridized carbons (Fsp3) is 0.333. The summed E-state index contributed by atoms with van der Waals surface area (Å²) in [6.07, 6.45) is 0.523. The summed E-state index contributed by atoms with van der Waals surface area (Å²) in [6.45, 7) is 4.64. The molecule has 136 valence electrons. The maximum atomic E-state index is 12.5. The zero-order chi connectivity index (χ0) is 18.5. The molecule has 0 aliphatic carbocycles. The molecule has 2 aromatic rings. The van der Waals surface area contributed by atoms with Crippen LogP contribution in [0.4, 0.5) is 5.69 Å². The molecule has 2 amide bonds. The van der Waals surface area contributed by atoms with Gasteiger partial charge in [-0.05, 0) is 43.5 Å². The van der Waals surface area contributed by atoms with Gasteiger partial charge in [0, 0.05) is 19.5 Å². The van der Waals surface area contributed by atoms with E-state index in [0.29, 0.717) is 18.8 Å². The number of ether oxygens (including phenoxy) is 1. The van der Waals surface area contributed by atoms with Gasteiger partial charge in [0.2, 0.25) is 5.91 Å². The van der Waals surface area contributed by atoms with Gasteiger partial charge in [-0.1, -0.05) is 36.4 Å². The van der Waals surface area contributed by atoms with E-state index in [2.05, 4.69) is 5.32 Å². The second kappa shape index (κ2) is 8.04. The van der Waals surface area contributed by atoms with Crippen molar-refractivity contribution in [2.45, 2.75) is 32.8 Å². The van der Waals surface area contributed by atoms with Crippen molar-refractivity contribution in [3.8, 4) is 5.75 Å². The fourth-order valence-corrected chi connectivity index (χ4v) is 3.04. The summed E-state index contributed by atoms with van der Waals surface area (Å²) in [5.41, 5.74) is 2.98. The average molecular weight is 352 g/mol. The Bertz CT molecular complexity index is 789. The van der Waals surface area contributed by atoms with E-state index in [4.69, 9.17) is 4.74 Å². The van der Waals surface area contributed by atoms with Gasteiger partial charge >= 0.3 is 0 Å². The van der Waals surface area contributed by atoms with Gasteiger partial charge in [0.05, 0.1) is 5.69 Å². The number of anilines is 1. The number of hydrogen-bond donors (Lipinski definition) is 1. The van der Waals surface area contributed by atoms with Crippen LogP contribution in [0, 0.1) is 6.92 Å². The van der Waals surface area contributed by atoms with E-state index in [0.717, 1.165) is 17.7 Å². The highest BCUT2D eigenvalue weighted by Gasteiger charge is 2.31. The summed E-state index contributed by atoms with van der Waals surface area (Å²) >= 11 is 0. The van der Waals surface area contributed by atoms with Crippen molar-refractivity contribution >= 4 is 17.5 Å². The SMILES string of the molecule is Cc1ccc2c(c1)N(CCC(=O)NCCc1ccccc1)C(=O)C(C)O2. The molecule has 2 aromatic carbocycles. The van der Waals surface area contributed by atoms with Crippen molar-refractivity contribution in [2.24, 2.45) is 0 Å². The molecule has 1 heterocycles. The number of aryl methyl sites for hydroxylation is 1. The number of benzene rings is 2. The summed E-state index contributed by atoms with van der Waals surface area (Å²) in [7, 11) is 0. The van der Waals surface area contributed by atoms with E-state index in [1.165, 1.54) is 5.56 Å². The fourth-order valence-electron chi connectivity index (χ4n) is 3.04. The van der Waals surface area contributed by atoms with Crippen molar-refractivity contribution in [1.29, 1.82) is 0 Å². The first kappa shape index (κ1) is 18.0. The summed E-state index contributed by atoms with van der Waals surface area (Å²) in [5, 5.41) is 2.92. The Balaban J connectivity index is 1.56. The number of fused-ring (bicyclic) bond motifs is 1. The standard InChI is InChI=1S/C21H24N2O3/c1-15-8-9-19-18(14-15)23(21(25)16(2)26-19)13-11-20(24)22-12-10-17-6-4-3-5-7-17/h3-9,14,16H,10-13H2,1-2H3,(H,22,24). The van der Waals surface area contributed by atoms with E-state index in [1.54, 1.807) is 11.8 Å². The van der Waals surface area contributed by atoms with Gasteiger partial charge in [-0.25, -0.2) is 0 Å². The first-order valence-electron chi connectivity index (χ1n) is 8.94. The predicted molar refractivity (Wildman–Crippen MR) is 101 cm³/mol. The molecule has 0 aromatic heterocycles. The first-order chi connectivity index (χ1) is 12.5. The predicted octanol–water partition coefficient (Wildman–Crippen LogP) is 2.86. The van der Waals surface area contributed by atoms with Crippen LogP contribution in [-0.4, -0.2) is 31.0 Å². The molecule has 1 atom stereocenters. The average Bonchev–Trinajstić information content (AvgIpc) is 2.63. The molecule has 1 aliphatic heterocycles. The number of nitrogens with zero attached hydrogens (tertiary/aromatic N) is 1. The molecule has 0 fully saturated rings. The highest BCUT2D eigenvalue weighted by atomic mass is 16.5. The maximum absolute atomic E-state index is 12.5. The van der Waals surface area contributed by atoms with Gasteiger partial charge in [-0.3, -0.25) is 9.59 Å². The normalized spacial score (nSPS) is 16.0. The zero-order valence-corrected chi connectivity index (χ0v) is 15.2. The van der Waals surface area contributed by atoms with Crippen molar-refractivity contribution < 1.29 is 14.3 Å². The molecule has 0 saturated heterocycles. The van der Waals surface area contributed by atoms with E-state index < -0.39 is 6.10 Å². The lowest BCUT2D eigenvalue weighted by atomic mass is 10.1. The molecule has 0 bridgehead atoms. The van der Waals surface area contributed by atoms with Crippen LogP contribution in [0.5, 0.6) is 5.75 Å². The highest BCUT2D eigenvalue weighted by Crippen LogP contribution is 2.34. The lowest BCUT2D eigenvalue weighted by Crippen LogP contribution is -2.46. The number of amides is 2. The summed E-state index contributed by atoms with van der Waals surface area (Å²) in [6, 6.07) is 15.8. The largest absolute Gasteiger partial charge is 0.479 e. The number of nitrogens with one attached hydrogen (secondary N) is 1. The quantitative estimate of drug-likeness (QED) is 0.870. The van der Waals surface area contributed by atoms with Crippen LogP contribution in [0.2, 0.25) is 0 Å². The summed E-state index contributed by atoms with van der Waals surface area (Å²) in [4.78, 5) is 26.3. The van der Waals surface area contributed by atoms with Crippen LogP contribution in [0.1, 0.15) is 24.5 Å². The lowest BCUT2D eigenvalue weighted by molar-refractivity contribution is -0.125. The van der Waals surface area contributed by atoms with Crippen LogP contribution in [0.3, 0.4) is 0 Å². The van der Waals surface area contributed by atoms with E-state index in [9.17, 15) is 9.59 Å². The van der Waals surface area contributed by atoms with Crippen LogP contribution >= 0.6 is 0 Å². The molecular weight excluding hydrogens is 328 g/mol. The molecule has 1 N–H and O–H groups in total. The van der Waals surface area contributed by atoms with Crippen LogP contribution in [-0.2, 0) is 16.0 Å². The molecule has 0 spiro atoms. The zero-order valence-electron chi connectivity index (χ0n) is 15.2. The molecule has 5 heteroatoms. The second-order valence-electron chi connectivity index (χ2n) is 6.56. The van der Waals surface area contributed by atoms with E-state index >= 15 is 0 Å². The summed E-state index contributed by atoms with van der Waals surface area (Å²) in [5.74, 6) is 0.523. The van der Waals surface area contributed by atoms with Gasteiger partial charge in [0.25, 0.3) is 5.91 Å². The molecule has 0 radical (unpaired) electrons. The maximum Gasteiger partial charge on any atom is 0.267 e. The Morgan fingerprint density at radius 2 is 1.96 bits per heavy atom. The number of carbonyl (C=O) groups is 2. The highest BCUT2D eigenvalue weighted by molar-refractivity contribution is 6.00. The molecule has 5 nitrogen and oxygen atoms in total. The molecule has 26 heavy (non-hydrogen) atoms. The smallest absolute Gasteiger partial charge is 0.267 e. The van der Waals surface area contributed by atoms with Crippen LogP contribution < -0.4 is 15.0 Å². The first-order valence-corrected chi connectivity index (χ1v) is 8.94. The monoisotopic (exact) mass is 352 g/mol. The third-order valence-corrected chi connectivity index (χ3v) is 4.46. The Kier molecular flexibility index (Phi) is 5.56. The Labute approximate surface area is 154 Å². The Hall–Kier alpha value is -2.82. The van der Waals surface area contributed by atoms with E-state index in [1.807, 2.05) is 55.5 Å². The van der Waals surface area contributed by atoms with Gasteiger partial charge < -0.3 is 15.0 Å². The van der Waals surface area contributed by atoms with Crippen molar-refractivity contribution in [2.75, 3.05) is 18.0 Å². The molecule has 0 saturated carbocycles. The number of rotatable bonds is 6. The minimum Gasteiger partial charge on any atom is -0.479 e. The van der Waals surface area contributed by atoms with Crippen molar-refractivity contribution in [3.05, 3.63) is 59.7 Å². The van der Waals surface area contributed by atoms with Gasteiger partial charge in [-0.2, -0.15) is 0 Å². The minimum atomic E-state index is -0.536. The van der Waals surface area contributed by atoms with Crippen molar-refractivity contribution in [3.63, 3.8) is 0 Å². The molecule has 1 unspecified atom stereocenters. The van der Waals surface area contributed by atoms with Crippen LogP contribution in [0.25, 0.3) is 0 Å². The van der Waals surface area contributed by atoms with Crippen molar-refractivity contribution in [1.82, 2.24) is 5.32 Å².